The molecule has 0 saturated carbocycles. The zero-order valence-corrected chi connectivity index (χ0v) is 15.9. The third kappa shape index (κ3) is 5.51. The van der Waals surface area contributed by atoms with Crippen LogP contribution in [0.3, 0.4) is 0 Å². The quantitative estimate of drug-likeness (QED) is 0.576. The predicted molar refractivity (Wildman–Crippen MR) is 99.1 cm³/mol. The minimum absolute atomic E-state index is 0.149. The SMILES string of the molecule is COc1ccc(OC)c(/C=C/C(=O)OCC(=O)N2C[C@@H](C)C[C@H](C)C2)c1. The van der Waals surface area contributed by atoms with Gasteiger partial charge in [-0.15, -0.1) is 0 Å². The summed E-state index contributed by atoms with van der Waals surface area (Å²) in [6.45, 7) is 5.46. The Kier molecular flexibility index (Phi) is 7.06. The van der Waals surface area contributed by atoms with E-state index in [4.69, 9.17) is 14.2 Å². The lowest BCUT2D eigenvalue weighted by Gasteiger charge is -2.34. The summed E-state index contributed by atoms with van der Waals surface area (Å²) >= 11 is 0. The molecule has 26 heavy (non-hydrogen) atoms. The van der Waals surface area contributed by atoms with Crippen molar-refractivity contribution in [3.8, 4) is 11.5 Å². The van der Waals surface area contributed by atoms with Gasteiger partial charge < -0.3 is 19.1 Å². The normalized spacial score (nSPS) is 20.1. The van der Waals surface area contributed by atoms with Crippen LogP contribution in [-0.2, 0) is 14.3 Å². The van der Waals surface area contributed by atoms with Crippen molar-refractivity contribution in [2.45, 2.75) is 20.3 Å². The van der Waals surface area contributed by atoms with Gasteiger partial charge in [0.25, 0.3) is 5.91 Å². The van der Waals surface area contributed by atoms with E-state index in [2.05, 4.69) is 13.8 Å². The topological polar surface area (TPSA) is 65.1 Å². The van der Waals surface area contributed by atoms with Crippen LogP contribution < -0.4 is 9.47 Å². The zero-order valence-electron chi connectivity index (χ0n) is 15.9. The van der Waals surface area contributed by atoms with Crippen molar-refractivity contribution < 1.29 is 23.8 Å². The van der Waals surface area contributed by atoms with Crippen molar-refractivity contribution in [2.24, 2.45) is 11.8 Å². The minimum atomic E-state index is -0.568. The summed E-state index contributed by atoms with van der Waals surface area (Å²) in [4.78, 5) is 26.0. The fraction of sp³-hybridized carbons (Fsp3) is 0.500. The monoisotopic (exact) mass is 361 g/mol. The molecule has 6 heteroatoms. The van der Waals surface area contributed by atoms with Gasteiger partial charge in [-0.3, -0.25) is 4.79 Å². The Balaban J connectivity index is 1.90. The van der Waals surface area contributed by atoms with Crippen LogP contribution in [0.1, 0.15) is 25.8 Å². The molecular formula is C20H27NO5. The largest absolute Gasteiger partial charge is 0.497 e. The number of carbonyl (C=O) groups excluding carboxylic acids is 2. The molecule has 0 N–H and O–H groups in total. The zero-order chi connectivity index (χ0) is 19.1. The number of nitrogens with zero attached hydrogens (tertiary/aromatic N) is 1. The molecule has 0 radical (unpaired) electrons. The molecule has 6 nitrogen and oxygen atoms in total. The molecule has 0 unspecified atom stereocenters. The number of hydrogen-bond donors (Lipinski definition) is 0. The summed E-state index contributed by atoms with van der Waals surface area (Å²) < 4.78 is 15.5. The molecule has 1 amide bonds. The van der Waals surface area contributed by atoms with Crippen LogP contribution in [0.5, 0.6) is 11.5 Å². The van der Waals surface area contributed by atoms with Crippen LogP contribution in [0, 0.1) is 11.8 Å². The van der Waals surface area contributed by atoms with Crippen molar-refractivity contribution in [2.75, 3.05) is 33.9 Å². The van der Waals surface area contributed by atoms with E-state index in [0.29, 0.717) is 28.9 Å². The lowest BCUT2D eigenvalue weighted by atomic mass is 9.92. The highest BCUT2D eigenvalue weighted by atomic mass is 16.5. The molecule has 1 fully saturated rings. The van der Waals surface area contributed by atoms with Gasteiger partial charge >= 0.3 is 5.97 Å². The lowest BCUT2D eigenvalue weighted by Crippen LogP contribution is -2.44. The minimum Gasteiger partial charge on any atom is -0.497 e. The van der Waals surface area contributed by atoms with Gasteiger partial charge in [0.05, 0.1) is 14.2 Å². The molecule has 142 valence electrons. The van der Waals surface area contributed by atoms with E-state index in [1.807, 2.05) is 0 Å². The van der Waals surface area contributed by atoms with E-state index in [0.717, 1.165) is 19.5 Å². The van der Waals surface area contributed by atoms with Crippen molar-refractivity contribution in [3.05, 3.63) is 29.8 Å². The molecule has 1 aromatic rings. The summed E-state index contributed by atoms with van der Waals surface area (Å²) in [5, 5.41) is 0. The Morgan fingerprint density at radius 3 is 2.46 bits per heavy atom. The first-order valence-corrected chi connectivity index (χ1v) is 8.77. The van der Waals surface area contributed by atoms with E-state index in [1.54, 1.807) is 43.4 Å². The van der Waals surface area contributed by atoms with Gasteiger partial charge in [-0.1, -0.05) is 13.8 Å². The lowest BCUT2D eigenvalue weighted by molar-refractivity contribution is -0.149. The maximum Gasteiger partial charge on any atom is 0.331 e. The first-order chi connectivity index (χ1) is 12.4. The predicted octanol–water partition coefficient (Wildman–Crippen LogP) is 2.76. The highest BCUT2D eigenvalue weighted by Crippen LogP contribution is 2.25. The van der Waals surface area contributed by atoms with Gasteiger partial charge in [0.15, 0.2) is 6.61 Å². The van der Waals surface area contributed by atoms with Crippen LogP contribution in [0.25, 0.3) is 6.08 Å². The smallest absolute Gasteiger partial charge is 0.331 e. The number of likely N-dealkylation sites (tertiary alicyclic amines) is 1. The van der Waals surface area contributed by atoms with E-state index in [9.17, 15) is 9.59 Å². The molecular weight excluding hydrogens is 334 g/mol. The molecule has 1 heterocycles. The fourth-order valence-corrected chi connectivity index (χ4v) is 3.27. The summed E-state index contributed by atoms with van der Waals surface area (Å²) in [5.41, 5.74) is 0.689. The third-order valence-corrected chi connectivity index (χ3v) is 4.40. The number of carbonyl (C=O) groups is 2. The average molecular weight is 361 g/mol. The van der Waals surface area contributed by atoms with Gasteiger partial charge in [0, 0.05) is 24.7 Å². The van der Waals surface area contributed by atoms with Crippen molar-refractivity contribution in [1.29, 1.82) is 0 Å². The van der Waals surface area contributed by atoms with E-state index in [1.165, 1.54) is 6.08 Å². The fourth-order valence-electron chi connectivity index (χ4n) is 3.27. The summed E-state index contributed by atoms with van der Waals surface area (Å²) in [7, 11) is 3.12. The molecule has 1 aliphatic heterocycles. The average Bonchev–Trinajstić information content (AvgIpc) is 2.63. The standard InChI is InChI=1S/C20H27NO5/c1-14-9-15(2)12-21(11-14)19(22)13-26-20(23)8-5-16-10-17(24-3)6-7-18(16)25-4/h5-8,10,14-15H,9,11-13H2,1-4H3/b8-5+/t14-,15-/m0/s1. The van der Waals surface area contributed by atoms with Crippen LogP contribution in [-0.4, -0.2) is 50.7 Å². The Morgan fingerprint density at radius 1 is 1.15 bits per heavy atom. The van der Waals surface area contributed by atoms with Crippen molar-refractivity contribution in [1.82, 2.24) is 4.90 Å². The maximum absolute atomic E-state index is 12.2. The van der Waals surface area contributed by atoms with Gasteiger partial charge in [-0.05, 0) is 42.5 Å². The van der Waals surface area contributed by atoms with Crippen molar-refractivity contribution in [3.63, 3.8) is 0 Å². The highest BCUT2D eigenvalue weighted by Gasteiger charge is 2.25. The Hall–Kier alpha value is -2.50. The van der Waals surface area contributed by atoms with Crippen molar-refractivity contribution >= 4 is 18.0 Å². The van der Waals surface area contributed by atoms with Crippen LogP contribution in [0.15, 0.2) is 24.3 Å². The maximum atomic E-state index is 12.2. The second-order valence-corrected chi connectivity index (χ2v) is 6.79. The number of hydrogen-bond acceptors (Lipinski definition) is 5. The third-order valence-electron chi connectivity index (χ3n) is 4.40. The number of ether oxygens (including phenoxy) is 3. The molecule has 0 aromatic heterocycles. The Labute approximate surface area is 154 Å². The second-order valence-electron chi connectivity index (χ2n) is 6.79. The number of benzene rings is 1. The second kappa shape index (κ2) is 9.27. The van der Waals surface area contributed by atoms with Crippen LogP contribution >= 0.6 is 0 Å². The van der Waals surface area contributed by atoms with Crippen LogP contribution in [0.4, 0.5) is 0 Å². The molecule has 2 rings (SSSR count). The number of methoxy groups -OCH3 is 2. The van der Waals surface area contributed by atoms with E-state index >= 15 is 0 Å². The molecule has 0 bridgehead atoms. The number of piperidine rings is 1. The highest BCUT2D eigenvalue weighted by molar-refractivity contribution is 5.89. The molecule has 2 atom stereocenters. The summed E-state index contributed by atoms with van der Waals surface area (Å²) in [6.07, 6.45) is 3.99. The first-order valence-electron chi connectivity index (χ1n) is 8.77. The van der Waals surface area contributed by atoms with Gasteiger partial charge in [0.1, 0.15) is 11.5 Å². The molecule has 1 aliphatic rings. The molecule has 0 spiro atoms. The van der Waals surface area contributed by atoms with Gasteiger partial charge in [0.2, 0.25) is 0 Å². The van der Waals surface area contributed by atoms with Gasteiger partial charge in [-0.2, -0.15) is 0 Å². The Bertz CT molecular complexity index is 660. The first kappa shape index (κ1) is 19.8. The summed E-state index contributed by atoms with van der Waals surface area (Å²) in [6, 6.07) is 5.28. The van der Waals surface area contributed by atoms with Gasteiger partial charge in [-0.25, -0.2) is 4.79 Å². The number of amides is 1. The molecule has 0 aliphatic carbocycles. The molecule has 1 saturated heterocycles. The Morgan fingerprint density at radius 2 is 1.85 bits per heavy atom. The molecule has 1 aromatic carbocycles. The van der Waals surface area contributed by atoms with E-state index < -0.39 is 5.97 Å². The van der Waals surface area contributed by atoms with E-state index in [-0.39, 0.29) is 12.5 Å². The van der Waals surface area contributed by atoms with Crippen LogP contribution in [0.2, 0.25) is 0 Å². The number of esters is 1. The summed E-state index contributed by atoms with van der Waals surface area (Å²) in [5.74, 6) is 1.49. The number of rotatable bonds is 6.